The molecule has 25 heavy (non-hydrogen) atoms. The smallest absolute Gasteiger partial charge is 0.330 e. The number of hydrogen-bond acceptors (Lipinski definition) is 4. The molecule has 0 saturated carbocycles. The molecule has 2 rings (SSSR count). The van der Waals surface area contributed by atoms with Gasteiger partial charge in [-0.1, -0.05) is 23.2 Å². The minimum Gasteiger partial charge on any atom is -0.486 e. The van der Waals surface area contributed by atoms with Crippen LogP contribution in [0.1, 0.15) is 11.1 Å². The maximum absolute atomic E-state index is 11.2. The van der Waals surface area contributed by atoms with Gasteiger partial charge in [-0.3, -0.25) is 0 Å². The van der Waals surface area contributed by atoms with Crippen LogP contribution in [0.2, 0.25) is 10.0 Å². The first kappa shape index (κ1) is 20.1. The number of methoxy groups -OCH3 is 1. The molecule has 0 radical (unpaired) electrons. The summed E-state index contributed by atoms with van der Waals surface area (Å²) in [6.45, 7) is 0.193. The molecule has 0 fully saturated rings. The summed E-state index contributed by atoms with van der Waals surface area (Å²) in [7, 11) is 1.32. The molecule has 2 N–H and O–H groups in total. The van der Waals surface area contributed by atoms with Gasteiger partial charge in [-0.2, -0.15) is 0 Å². The molecule has 2 aromatic carbocycles. The lowest BCUT2D eigenvalue weighted by molar-refractivity contribution is -0.134. The highest BCUT2D eigenvalue weighted by Gasteiger charge is 2.12. The Labute approximate surface area is 172 Å². The Bertz CT molecular complexity index is 818. The zero-order valence-corrected chi connectivity index (χ0v) is 17.7. The number of nitrogen functional groups attached to an aromatic ring is 1. The summed E-state index contributed by atoms with van der Waals surface area (Å²) in [5, 5.41) is 0.899. The van der Waals surface area contributed by atoms with Gasteiger partial charge in [0.15, 0.2) is 0 Å². The monoisotopic (exact) mass is 507 g/mol. The molecule has 4 nitrogen and oxygen atoms in total. The number of hydrogen-bond donors (Lipinski definition) is 1. The zero-order chi connectivity index (χ0) is 18.6. The third-order valence-corrected chi connectivity index (χ3v) is 5.00. The van der Waals surface area contributed by atoms with Gasteiger partial charge in [0.1, 0.15) is 12.4 Å². The molecule has 0 heterocycles. The second kappa shape index (κ2) is 8.94. The van der Waals surface area contributed by atoms with Crippen LogP contribution in [0.15, 0.2) is 39.3 Å². The number of esters is 1. The Balaban J connectivity index is 2.21. The van der Waals surface area contributed by atoms with Crippen molar-refractivity contribution in [3.8, 4) is 5.75 Å². The van der Waals surface area contributed by atoms with E-state index in [4.69, 9.17) is 33.7 Å². The second-order valence-corrected chi connectivity index (χ2v) is 7.45. The van der Waals surface area contributed by atoms with E-state index in [2.05, 4.69) is 36.6 Å². The van der Waals surface area contributed by atoms with Crippen molar-refractivity contribution in [1.29, 1.82) is 0 Å². The van der Waals surface area contributed by atoms with Gasteiger partial charge < -0.3 is 15.2 Å². The van der Waals surface area contributed by atoms with Crippen LogP contribution in [0.3, 0.4) is 0 Å². The highest BCUT2D eigenvalue weighted by atomic mass is 79.9. The third-order valence-electron chi connectivity index (χ3n) is 3.15. The summed E-state index contributed by atoms with van der Waals surface area (Å²) in [6.07, 6.45) is 2.98. The fraction of sp³-hybridized carbons (Fsp3) is 0.118. The summed E-state index contributed by atoms with van der Waals surface area (Å²) in [5.74, 6) is 0.158. The van der Waals surface area contributed by atoms with Crippen LogP contribution in [0.25, 0.3) is 6.08 Å². The zero-order valence-electron chi connectivity index (χ0n) is 13.0. The lowest BCUT2D eigenvalue weighted by Gasteiger charge is -2.13. The van der Waals surface area contributed by atoms with E-state index < -0.39 is 5.97 Å². The van der Waals surface area contributed by atoms with Crippen LogP contribution in [-0.2, 0) is 16.1 Å². The van der Waals surface area contributed by atoms with E-state index in [0.29, 0.717) is 36.0 Å². The Morgan fingerprint density at radius 3 is 2.44 bits per heavy atom. The lowest BCUT2D eigenvalue weighted by atomic mass is 10.2. The molecular formula is C17H13Br2Cl2NO3. The number of benzene rings is 2. The number of ether oxygens (including phenoxy) is 2. The fourth-order valence-electron chi connectivity index (χ4n) is 1.97. The fourth-order valence-corrected chi connectivity index (χ4v) is 3.83. The van der Waals surface area contributed by atoms with E-state index in [1.807, 2.05) is 12.1 Å². The van der Waals surface area contributed by atoms with Gasteiger partial charge >= 0.3 is 5.97 Å². The molecule has 0 amide bonds. The molecule has 0 saturated heterocycles. The first-order chi connectivity index (χ1) is 11.8. The van der Waals surface area contributed by atoms with Crippen molar-refractivity contribution >= 4 is 72.8 Å². The van der Waals surface area contributed by atoms with Crippen LogP contribution < -0.4 is 10.5 Å². The first-order valence-corrected chi connectivity index (χ1v) is 9.27. The number of carbonyl (C=O) groups is 1. The van der Waals surface area contributed by atoms with Gasteiger partial charge in [0.25, 0.3) is 0 Å². The molecular weight excluding hydrogens is 497 g/mol. The van der Waals surface area contributed by atoms with Crippen molar-refractivity contribution in [3.05, 3.63) is 60.5 Å². The average molecular weight is 510 g/mol. The molecule has 0 spiro atoms. The largest absolute Gasteiger partial charge is 0.486 e. The van der Waals surface area contributed by atoms with E-state index in [1.54, 1.807) is 18.2 Å². The van der Waals surface area contributed by atoms with Crippen molar-refractivity contribution in [1.82, 2.24) is 0 Å². The molecule has 0 atom stereocenters. The van der Waals surface area contributed by atoms with Gasteiger partial charge in [-0.05, 0) is 67.8 Å². The van der Waals surface area contributed by atoms with Gasteiger partial charge in [0, 0.05) is 16.7 Å². The normalized spacial score (nSPS) is 10.9. The van der Waals surface area contributed by atoms with Crippen molar-refractivity contribution in [2.75, 3.05) is 12.8 Å². The van der Waals surface area contributed by atoms with Crippen molar-refractivity contribution in [2.24, 2.45) is 0 Å². The molecule has 8 heteroatoms. The van der Waals surface area contributed by atoms with E-state index >= 15 is 0 Å². The number of nitrogens with two attached hydrogens (primary N) is 1. The topological polar surface area (TPSA) is 61.5 Å². The predicted octanol–water partition coefficient (Wildman–Crippen LogP) is 5.87. The second-order valence-electron chi connectivity index (χ2n) is 4.93. The number of carbonyl (C=O) groups excluding carboxylic acids is 1. The molecule has 2 aromatic rings. The van der Waals surface area contributed by atoms with E-state index in [9.17, 15) is 4.79 Å². The molecule has 0 aromatic heterocycles. The SMILES string of the molecule is COC(=O)/C=C/c1cc(Br)c(OCc2cc(Cl)cc(N)c2Cl)c(Br)c1. The van der Waals surface area contributed by atoms with Gasteiger partial charge in [-0.15, -0.1) is 0 Å². The molecule has 132 valence electrons. The molecule has 0 aliphatic carbocycles. The quantitative estimate of drug-likeness (QED) is 0.311. The van der Waals surface area contributed by atoms with Crippen LogP contribution in [0.4, 0.5) is 5.69 Å². The summed E-state index contributed by atoms with van der Waals surface area (Å²) in [6, 6.07) is 6.91. The van der Waals surface area contributed by atoms with Crippen LogP contribution in [-0.4, -0.2) is 13.1 Å². The highest BCUT2D eigenvalue weighted by Crippen LogP contribution is 2.37. The molecule has 0 unspecified atom stereocenters. The first-order valence-electron chi connectivity index (χ1n) is 6.93. The van der Waals surface area contributed by atoms with Crippen molar-refractivity contribution in [3.63, 3.8) is 0 Å². The Morgan fingerprint density at radius 2 is 1.84 bits per heavy atom. The Hall–Kier alpha value is -1.21. The number of anilines is 1. The van der Waals surface area contributed by atoms with Gasteiger partial charge in [-0.25, -0.2) is 4.79 Å². The summed E-state index contributed by atoms with van der Waals surface area (Å²) < 4.78 is 11.8. The van der Waals surface area contributed by atoms with E-state index in [0.717, 1.165) is 5.56 Å². The average Bonchev–Trinajstić information content (AvgIpc) is 2.55. The van der Waals surface area contributed by atoms with Crippen LogP contribution >= 0.6 is 55.1 Å². The Morgan fingerprint density at radius 1 is 1.20 bits per heavy atom. The number of rotatable bonds is 5. The highest BCUT2D eigenvalue weighted by molar-refractivity contribution is 9.11. The third kappa shape index (κ3) is 5.38. The van der Waals surface area contributed by atoms with Gasteiger partial charge in [0.05, 0.1) is 26.8 Å². The molecule has 0 aliphatic rings. The van der Waals surface area contributed by atoms with E-state index in [1.165, 1.54) is 13.2 Å². The van der Waals surface area contributed by atoms with Crippen LogP contribution in [0.5, 0.6) is 5.75 Å². The summed E-state index contributed by atoms with van der Waals surface area (Å²) in [5.41, 5.74) is 7.67. The van der Waals surface area contributed by atoms with Crippen molar-refractivity contribution < 1.29 is 14.3 Å². The number of halogens is 4. The summed E-state index contributed by atoms with van der Waals surface area (Å²) >= 11 is 19.1. The minimum atomic E-state index is -0.430. The Kier molecular flexibility index (Phi) is 7.19. The minimum absolute atomic E-state index is 0.193. The van der Waals surface area contributed by atoms with Crippen molar-refractivity contribution in [2.45, 2.75) is 6.61 Å². The standard InChI is InChI=1S/C17H13Br2Cl2NO3/c1-24-15(23)3-2-9-4-12(18)17(13(19)5-9)25-8-10-6-11(20)7-14(22)16(10)21/h2-7H,8,22H2,1H3/b3-2+. The summed E-state index contributed by atoms with van der Waals surface area (Å²) in [4.78, 5) is 11.2. The van der Waals surface area contributed by atoms with Gasteiger partial charge in [0.2, 0.25) is 0 Å². The maximum Gasteiger partial charge on any atom is 0.330 e. The van der Waals surface area contributed by atoms with E-state index in [-0.39, 0.29) is 6.61 Å². The van der Waals surface area contributed by atoms with Crippen LogP contribution in [0, 0.1) is 0 Å². The predicted molar refractivity (Wildman–Crippen MR) is 108 cm³/mol. The maximum atomic E-state index is 11.2. The molecule has 0 aliphatic heterocycles. The lowest BCUT2D eigenvalue weighted by Crippen LogP contribution is -2.00. The molecule has 0 bridgehead atoms.